The summed E-state index contributed by atoms with van der Waals surface area (Å²) in [5, 5.41) is -1.28. The molecule has 41 heavy (non-hydrogen) atoms. The second-order valence-corrected chi connectivity index (χ2v) is 12.1. The van der Waals surface area contributed by atoms with Gasteiger partial charge in [-0.15, -0.1) is 0 Å². The van der Waals surface area contributed by atoms with Crippen LogP contribution in [0.2, 0.25) is 0 Å². The first-order chi connectivity index (χ1) is 19.3. The van der Waals surface area contributed by atoms with Gasteiger partial charge in [-0.25, -0.2) is 13.8 Å². The van der Waals surface area contributed by atoms with E-state index in [0.29, 0.717) is 18.0 Å². The zero-order valence-corrected chi connectivity index (χ0v) is 23.8. The first-order valence-corrected chi connectivity index (χ1v) is 14.8. The maximum Gasteiger partial charge on any atom is 0.387 e. The molecule has 3 aromatic carbocycles. The van der Waals surface area contributed by atoms with E-state index in [1.54, 1.807) is 26.1 Å². The highest BCUT2D eigenvalue weighted by atomic mass is 31.1. The standard InChI is InChI=1S/C28H25B3F4N3O2P/c1-5-21(37(2)28(29,30)31)26-36-20-13-18(32)17(15-9-10-24(41(3)4)19(33)11-15)12-22(20)38(26)25-16(14-39)7-6-8-23(25)40-27(34)35/h6-14,21,27H,5H2,1-4H3. The molecule has 13 heteroatoms. The van der Waals surface area contributed by atoms with E-state index in [0.717, 1.165) is 6.07 Å². The number of ether oxygens (including phenoxy) is 1. The molecule has 1 heterocycles. The third-order valence-corrected chi connectivity index (χ3v) is 8.20. The van der Waals surface area contributed by atoms with Gasteiger partial charge < -0.3 is 9.64 Å². The van der Waals surface area contributed by atoms with Crippen molar-refractivity contribution in [3.8, 4) is 22.6 Å². The third kappa shape index (κ3) is 6.09. The summed E-state index contributed by atoms with van der Waals surface area (Å²) in [5.41, 5.74) is 0.631. The molecule has 0 bridgehead atoms. The minimum atomic E-state index is -3.21. The summed E-state index contributed by atoms with van der Waals surface area (Å²) in [5.74, 6) is -1.28. The molecule has 0 spiro atoms. The Bertz CT molecular complexity index is 1590. The molecule has 4 rings (SSSR count). The van der Waals surface area contributed by atoms with Crippen molar-refractivity contribution in [3.63, 3.8) is 0 Å². The Kier molecular flexibility index (Phi) is 9.05. The topological polar surface area (TPSA) is 47.4 Å². The number of rotatable bonds is 10. The van der Waals surface area contributed by atoms with E-state index in [1.165, 1.54) is 39.8 Å². The SMILES string of the molecule is [B]C([B])([B])N(C)C(CC)c1nc2cc(F)c(-c3ccc(P(C)C)c(F)c3)cc2n1-c1c(C=O)cccc1OC(F)F. The number of nitrogens with zero attached hydrogens (tertiary/aromatic N) is 3. The number of aldehydes is 1. The van der Waals surface area contributed by atoms with Gasteiger partial charge in [-0.05, 0) is 56.6 Å². The second-order valence-electron chi connectivity index (χ2n) is 9.80. The maximum atomic E-state index is 15.5. The Hall–Kier alpha value is -3.10. The lowest BCUT2D eigenvalue weighted by Gasteiger charge is -2.39. The van der Waals surface area contributed by atoms with E-state index in [4.69, 9.17) is 28.3 Å². The number of para-hydroxylation sites is 1. The van der Waals surface area contributed by atoms with E-state index in [1.807, 2.05) is 13.3 Å². The fraction of sp³-hybridized carbons (Fsp3) is 0.286. The Labute approximate surface area is 241 Å². The number of carbonyl (C=O) groups is 1. The van der Waals surface area contributed by atoms with Crippen LogP contribution in [0.4, 0.5) is 17.6 Å². The van der Waals surface area contributed by atoms with Crippen molar-refractivity contribution in [1.82, 2.24) is 14.5 Å². The Morgan fingerprint density at radius 3 is 2.37 bits per heavy atom. The minimum Gasteiger partial charge on any atom is -0.433 e. The van der Waals surface area contributed by atoms with Crippen molar-refractivity contribution in [2.24, 2.45) is 0 Å². The number of benzene rings is 3. The van der Waals surface area contributed by atoms with Gasteiger partial charge in [0.15, 0.2) is 12.0 Å². The molecular formula is C28H25B3F4N3O2P. The van der Waals surface area contributed by atoms with Crippen LogP contribution >= 0.6 is 7.92 Å². The summed E-state index contributed by atoms with van der Waals surface area (Å²) in [6.45, 7) is 2.40. The van der Waals surface area contributed by atoms with Gasteiger partial charge in [0.2, 0.25) is 0 Å². The summed E-state index contributed by atoms with van der Waals surface area (Å²) in [6, 6.07) is 10.4. The predicted molar refractivity (Wildman–Crippen MR) is 158 cm³/mol. The lowest BCUT2D eigenvalue weighted by molar-refractivity contribution is -0.0498. The number of halogens is 4. The fourth-order valence-corrected chi connectivity index (χ4v) is 5.66. The van der Waals surface area contributed by atoms with Gasteiger partial charge in [0.05, 0.1) is 40.6 Å². The highest BCUT2D eigenvalue weighted by Gasteiger charge is 2.31. The van der Waals surface area contributed by atoms with Crippen molar-refractivity contribution in [2.75, 3.05) is 20.4 Å². The summed E-state index contributed by atoms with van der Waals surface area (Å²) in [7, 11) is 18.7. The number of hydrogen-bond acceptors (Lipinski definition) is 4. The van der Waals surface area contributed by atoms with Crippen LogP contribution in [0.1, 0.15) is 35.6 Å². The van der Waals surface area contributed by atoms with Crippen molar-refractivity contribution in [1.29, 1.82) is 0 Å². The molecule has 0 fully saturated rings. The van der Waals surface area contributed by atoms with E-state index >= 15 is 4.39 Å². The predicted octanol–water partition coefficient (Wildman–Crippen LogP) is 5.25. The molecule has 0 aliphatic heterocycles. The summed E-state index contributed by atoms with van der Waals surface area (Å²) < 4.78 is 63.7. The van der Waals surface area contributed by atoms with Crippen LogP contribution in [0, 0.1) is 11.6 Å². The quantitative estimate of drug-likeness (QED) is 0.112. The molecule has 5 nitrogen and oxygen atoms in total. The van der Waals surface area contributed by atoms with E-state index in [9.17, 15) is 18.0 Å². The number of aromatic nitrogens is 2. The number of hydrogen-bond donors (Lipinski definition) is 0. The van der Waals surface area contributed by atoms with Crippen molar-refractivity contribution in [2.45, 2.75) is 31.2 Å². The molecule has 0 amide bonds. The van der Waals surface area contributed by atoms with Gasteiger partial charge in [-0.1, -0.05) is 38.3 Å². The molecule has 0 aliphatic carbocycles. The monoisotopic (exact) mass is 575 g/mol. The van der Waals surface area contributed by atoms with E-state index < -0.39 is 37.4 Å². The number of imidazole rings is 1. The molecular weight excluding hydrogens is 550 g/mol. The number of fused-ring (bicyclic) bond motifs is 1. The average Bonchev–Trinajstić information content (AvgIpc) is 3.24. The van der Waals surface area contributed by atoms with Crippen molar-refractivity contribution >= 4 is 54.1 Å². The zero-order chi connectivity index (χ0) is 30.2. The smallest absolute Gasteiger partial charge is 0.387 e. The van der Waals surface area contributed by atoms with Gasteiger partial charge in [-0.2, -0.15) is 8.78 Å². The van der Waals surface area contributed by atoms with Crippen LogP contribution in [0.25, 0.3) is 27.8 Å². The van der Waals surface area contributed by atoms with Crippen LogP contribution < -0.4 is 10.0 Å². The third-order valence-electron chi connectivity index (χ3n) is 6.87. The summed E-state index contributed by atoms with van der Waals surface area (Å²) in [4.78, 5) is 18.2. The molecule has 0 saturated carbocycles. The van der Waals surface area contributed by atoms with Crippen LogP contribution in [0.3, 0.4) is 0 Å². The molecule has 6 radical (unpaired) electrons. The molecule has 0 saturated heterocycles. The first-order valence-electron chi connectivity index (χ1n) is 12.6. The van der Waals surface area contributed by atoms with Crippen LogP contribution in [-0.2, 0) is 0 Å². The fourth-order valence-electron chi connectivity index (χ4n) is 4.80. The van der Waals surface area contributed by atoms with Gasteiger partial charge >= 0.3 is 6.61 Å². The lowest BCUT2D eigenvalue weighted by atomic mass is 9.48. The molecule has 0 aliphatic rings. The van der Waals surface area contributed by atoms with Crippen LogP contribution in [0.15, 0.2) is 48.5 Å². The van der Waals surface area contributed by atoms with Crippen LogP contribution in [-0.4, -0.2) is 76.5 Å². The first kappa shape index (κ1) is 30.9. The largest absolute Gasteiger partial charge is 0.433 e. The van der Waals surface area contributed by atoms with E-state index in [2.05, 4.69) is 4.98 Å². The Balaban J connectivity index is 2.11. The van der Waals surface area contributed by atoms with E-state index in [-0.39, 0.29) is 45.0 Å². The highest BCUT2D eigenvalue weighted by molar-refractivity contribution is 7.64. The Morgan fingerprint density at radius 1 is 1.10 bits per heavy atom. The van der Waals surface area contributed by atoms with Crippen molar-refractivity contribution in [3.05, 3.63) is 71.6 Å². The molecule has 1 atom stereocenters. The molecule has 206 valence electrons. The molecule has 1 aromatic heterocycles. The van der Waals surface area contributed by atoms with Crippen molar-refractivity contribution < 1.29 is 27.1 Å². The average molecular weight is 575 g/mol. The number of carbonyl (C=O) groups excluding carboxylic acids is 1. The van der Waals surface area contributed by atoms with Gasteiger partial charge in [-0.3, -0.25) is 9.36 Å². The lowest BCUT2D eigenvalue weighted by Crippen LogP contribution is -2.50. The Morgan fingerprint density at radius 2 is 1.80 bits per heavy atom. The minimum absolute atomic E-state index is 0.00114. The molecule has 0 N–H and O–H groups in total. The van der Waals surface area contributed by atoms with Gasteiger partial charge in [0, 0.05) is 22.5 Å². The number of alkyl halides is 2. The normalized spacial score (nSPS) is 13.0. The van der Waals surface area contributed by atoms with Gasteiger partial charge in [0.25, 0.3) is 0 Å². The van der Waals surface area contributed by atoms with Gasteiger partial charge in [0.1, 0.15) is 23.1 Å². The molecule has 4 aromatic rings. The zero-order valence-electron chi connectivity index (χ0n) is 22.9. The molecule has 1 unspecified atom stereocenters. The summed E-state index contributed by atoms with van der Waals surface area (Å²) >= 11 is 0. The maximum absolute atomic E-state index is 15.5. The van der Waals surface area contributed by atoms with Crippen LogP contribution in [0.5, 0.6) is 5.75 Å². The summed E-state index contributed by atoms with van der Waals surface area (Å²) in [6.07, 6.45) is 0.819. The highest BCUT2D eigenvalue weighted by Crippen LogP contribution is 2.39. The second kappa shape index (κ2) is 12.0.